The SMILES string of the molecule is c1ccc(COC[C@@H]2O[C@H]2CN2CCCCC2)cc1. The van der Waals surface area contributed by atoms with Gasteiger partial charge in [-0.25, -0.2) is 0 Å². The third kappa shape index (κ3) is 4.03. The first-order valence-corrected chi connectivity index (χ1v) is 7.41. The van der Waals surface area contributed by atoms with Crippen LogP contribution in [-0.2, 0) is 16.1 Å². The molecule has 0 spiro atoms. The Morgan fingerprint density at radius 2 is 1.84 bits per heavy atom. The molecule has 3 rings (SSSR count). The Balaban J connectivity index is 1.30. The van der Waals surface area contributed by atoms with Crippen molar-refractivity contribution in [3.63, 3.8) is 0 Å². The molecule has 0 N–H and O–H groups in total. The number of likely N-dealkylation sites (tertiary alicyclic amines) is 1. The van der Waals surface area contributed by atoms with Crippen molar-refractivity contribution in [1.29, 1.82) is 0 Å². The van der Waals surface area contributed by atoms with Crippen LogP contribution in [0.15, 0.2) is 30.3 Å². The molecule has 1 aromatic rings. The van der Waals surface area contributed by atoms with Gasteiger partial charge in [0.2, 0.25) is 0 Å². The second-order valence-corrected chi connectivity index (χ2v) is 5.57. The summed E-state index contributed by atoms with van der Waals surface area (Å²) in [4.78, 5) is 2.53. The Hall–Kier alpha value is -0.900. The molecule has 3 nitrogen and oxygen atoms in total. The van der Waals surface area contributed by atoms with Crippen molar-refractivity contribution >= 4 is 0 Å². The Labute approximate surface area is 115 Å². The molecule has 0 bridgehead atoms. The second kappa shape index (κ2) is 6.51. The third-order valence-corrected chi connectivity index (χ3v) is 3.97. The van der Waals surface area contributed by atoms with Gasteiger partial charge in [-0.1, -0.05) is 36.8 Å². The van der Waals surface area contributed by atoms with E-state index < -0.39 is 0 Å². The molecule has 0 aliphatic carbocycles. The van der Waals surface area contributed by atoms with E-state index in [-0.39, 0.29) is 0 Å². The Morgan fingerprint density at radius 3 is 2.63 bits per heavy atom. The highest BCUT2D eigenvalue weighted by Crippen LogP contribution is 2.25. The highest BCUT2D eigenvalue weighted by atomic mass is 16.6. The lowest BCUT2D eigenvalue weighted by molar-refractivity contribution is 0.104. The fourth-order valence-corrected chi connectivity index (χ4v) is 2.75. The van der Waals surface area contributed by atoms with Crippen molar-refractivity contribution in [2.45, 2.75) is 38.1 Å². The van der Waals surface area contributed by atoms with Gasteiger partial charge in [0.1, 0.15) is 6.10 Å². The fourth-order valence-electron chi connectivity index (χ4n) is 2.75. The molecule has 2 heterocycles. The lowest BCUT2D eigenvalue weighted by Gasteiger charge is -2.25. The molecular weight excluding hydrogens is 238 g/mol. The molecule has 1 aromatic carbocycles. The van der Waals surface area contributed by atoms with E-state index in [1.165, 1.54) is 37.9 Å². The van der Waals surface area contributed by atoms with Crippen molar-refractivity contribution in [2.24, 2.45) is 0 Å². The summed E-state index contributed by atoms with van der Waals surface area (Å²) in [6.07, 6.45) is 4.83. The van der Waals surface area contributed by atoms with Crippen LogP contribution in [-0.4, -0.2) is 43.3 Å². The topological polar surface area (TPSA) is 25.0 Å². The van der Waals surface area contributed by atoms with Gasteiger partial charge >= 0.3 is 0 Å². The molecule has 0 radical (unpaired) electrons. The van der Waals surface area contributed by atoms with Crippen LogP contribution in [0.25, 0.3) is 0 Å². The summed E-state index contributed by atoms with van der Waals surface area (Å²) in [5, 5.41) is 0. The summed E-state index contributed by atoms with van der Waals surface area (Å²) in [5.74, 6) is 0. The largest absolute Gasteiger partial charge is 0.374 e. The number of nitrogens with zero attached hydrogens (tertiary/aromatic N) is 1. The Kier molecular flexibility index (Phi) is 4.49. The number of hydrogen-bond acceptors (Lipinski definition) is 3. The molecule has 19 heavy (non-hydrogen) atoms. The minimum atomic E-state index is 0.325. The number of rotatable bonds is 6. The van der Waals surface area contributed by atoms with E-state index in [4.69, 9.17) is 9.47 Å². The Morgan fingerprint density at radius 1 is 1.05 bits per heavy atom. The highest BCUT2D eigenvalue weighted by molar-refractivity contribution is 5.13. The summed E-state index contributed by atoms with van der Waals surface area (Å²) >= 11 is 0. The van der Waals surface area contributed by atoms with Gasteiger partial charge in [0, 0.05) is 6.54 Å². The zero-order chi connectivity index (χ0) is 12.9. The van der Waals surface area contributed by atoms with E-state index in [9.17, 15) is 0 Å². The smallest absolute Gasteiger partial charge is 0.109 e. The van der Waals surface area contributed by atoms with Crippen molar-refractivity contribution in [3.05, 3.63) is 35.9 Å². The molecule has 2 aliphatic heterocycles. The first kappa shape index (κ1) is 13.1. The van der Waals surface area contributed by atoms with Crippen molar-refractivity contribution in [2.75, 3.05) is 26.2 Å². The number of hydrogen-bond donors (Lipinski definition) is 0. The number of piperidine rings is 1. The number of ether oxygens (including phenoxy) is 2. The van der Waals surface area contributed by atoms with Crippen LogP contribution in [0.5, 0.6) is 0 Å². The molecule has 2 fully saturated rings. The maximum atomic E-state index is 5.72. The lowest BCUT2D eigenvalue weighted by Crippen LogP contribution is -2.33. The molecule has 2 saturated heterocycles. The van der Waals surface area contributed by atoms with Crippen LogP contribution < -0.4 is 0 Å². The maximum Gasteiger partial charge on any atom is 0.109 e. The van der Waals surface area contributed by atoms with Gasteiger partial charge < -0.3 is 14.4 Å². The van der Waals surface area contributed by atoms with E-state index in [0.29, 0.717) is 18.8 Å². The summed E-state index contributed by atoms with van der Waals surface area (Å²) in [6, 6.07) is 10.3. The summed E-state index contributed by atoms with van der Waals surface area (Å²) in [6.45, 7) is 5.01. The average molecular weight is 261 g/mol. The van der Waals surface area contributed by atoms with Crippen LogP contribution in [0.2, 0.25) is 0 Å². The fraction of sp³-hybridized carbons (Fsp3) is 0.625. The van der Waals surface area contributed by atoms with E-state index in [2.05, 4.69) is 17.0 Å². The Bertz CT molecular complexity index is 376. The maximum absolute atomic E-state index is 5.72. The third-order valence-electron chi connectivity index (χ3n) is 3.97. The molecule has 3 heteroatoms. The van der Waals surface area contributed by atoms with Crippen LogP contribution in [0.1, 0.15) is 24.8 Å². The van der Waals surface area contributed by atoms with Gasteiger partial charge in [0.15, 0.2) is 0 Å². The van der Waals surface area contributed by atoms with Crippen LogP contribution in [0.3, 0.4) is 0 Å². The zero-order valence-corrected chi connectivity index (χ0v) is 11.5. The van der Waals surface area contributed by atoms with Gasteiger partial charge in [0.25, 0.3) is 0 Å². The van der Waals surface area contributed by atoms with Crippen LogP contribution in [0.4, 0.5) is 0 Å². The molecular formula is C16H23NO2. The van der Waals surface area contributed by atoms with E-state index in [1.54, 1.807) is 0 Å². The van der Waals surface area contributed by atoms with E-state index in [0.717, 1.165) is 13.2 Å². The minimum absolute atomic E-state index is 0.325. The van der Waals surface area contributed by atoms with Crippen LogP contribution >= 0.6 is 0 Å². The summed E-state index contributed by atoms with van der Waals surface area (Å²) < 4.78 is 11.4. The standard InChI is InChI=1S/C16H23NO2/c1-3-7-14(8-4-1)12-18-13-16-15(19-16)11-17-9-5-2-6-10-17/h1,3-4,7-8,15-16H,2,5-6,9-13H2/t15-,16-/m0/s1. The van der Waals surface area contributed by atoms with Gasteiger partial charge in [-0.05, 0) is 31.5 Å². The molecule has 104 valence electrons. The van der Waals surface area contributed by atoms with E-state index in [1.807, 2.05) is 18.2 Å². The average Bonchev–Trinajstić information content (AvgIpc) is 3.19. The van der Waals surface area contributed by atoms with Gasteiger partial charge in [0.05, 0.1) is 19.3 Å². The predicted molar refractivity (Wildman–Crippen MR) is 75.1 cm³/mol. The summed E-state index contributed by atoms with van der Waals surface area (Å²) in [7, 11) is 0. The molecule has 2 aliphatic rings. The van der Waals surface area contributed by atoms with E-state index >= 15 is 0 Å². The lowest BCUT2D eigenvalue weighted by atomic mass is 10.1. The molecule has 2 atom stereocenters. The van der Waals surface area contributed by atoms with Crippen LogP contribution in [0, 0.1) is 0 Å². The van der Waals surface area contributed by atoms with Gasteiger partial charge in [-0.2, -0.15) is 0 Å². The van der Waals surface area contributed by atoms with Crippen molar-refractivity contribution in [1.82, 2.24) is 4.90 Å². The highest BCUT2D eigenvalue weighted by Gasteiger charge is 2.40. The zero-order valence-electron chi connectivity index (χ0n) is 11.5. The van der Waals surface area contributed by atoms with Gasteiger partial charge in [-0.3, -0.25) is 0 Å². The van der Waals surface area contributed by atoms with Crippen molar-refractivity contribution < 1.29 is 9.47 Å². The summed E-state index contributed by atoms with van der Waals surface area (Å²) in [5.41, 5.74) is 1.23. The second-order valence-electron chi connectivity index (χ2n) is 5.57. The molecule has 0 aromatic heterocycles. The molecule has 0 amide bonds. The van der Waals surface area contributed by atoms with Gasteiger partial charge in [-0.15, -0.1) is 0 Å². The molecule has 0 saturated carbocycles. The first-order valence-electron chi connectivity index (χ1n) is 7.41. The number of benzene rings is 1. The number of epoxide rings is 1. The normalized spacial score (nSPS) is 27.4. The monoisotopic (exact) mass is 261 g/mol. The molecule has 0 unspecified atom stereocenters. The first-order chi connectivity index (χ1) is 9.42. The van der Waals surface area contributed by atoms with Crippen molar-refractivity contribution in [3.8, 4) is 0 Å². The quantitative estimate of drug-likeness (QED) is 0.735. The minimum Gasteiger partial charge on any atom is -0.374 e. The predicted octanol–water partition coefficient (Wildman–Crippen LogP) is 2.46.